The van der Waals surface area contributed by atoms with Crippen LogP contribution in [-0.4, -0.2) is 63.4 Å². The summed E-state index contributed by atoms with van der Waals surface area (Å²) in [5.74, 6) is -0.219. The Labute approximate surface area is 104 Å². The Morgan fingerprint density at radius 2 is 2.06 bits per heavy atom. The van der Waals surface area contributed by atoms with Crippen LogP contribution in [0.3, 0.4) is 0 Å². The van der Waals surface area contributed by atoms with Gasteiger partial charge < -0.3 is 19.7 Å². The molecule has 5 heteroatoms. The van der Waals surface area contributed by atoms with Crippen molar-refractivity contribution in [2.45, 2.75) is 32.9 Å². The number of hydrogen-bond donors (Lipinski definition) is 1. The lowest BCUT2D eigenvalue weighted by molar-refractivity contribution is -0.143. The van der Waals surface area contributed by atoms with E-state index >= 15 is 0 Å². The molecule has 0 aliphatic rings. The van der Waals surface area contributed by atoms with E-state index in [9.17, 15) is 4.79 Å². The van der Waals surface area contributed by atoms with Gasteiger partial charge in [0.2, 0.25) is 0 Å². The molecule has 1 atom stereocenters. The van der Waals surface area contributed by atoms with Crippen molar-refractivity contribution in [3.63, 3.8) is 0 Å². The van der Waals surface area contributed by atoms with Crippen molar-refractivity contribution in [1.82, 2.24) is 10.2 Å². The first-order valence-corrected chi connectivity index (χ1v) is 6.12. The summed E-state index contributed by atoms with van der Waals surface area (Å²) in [5, 5.41) is 3.11. The van der Waals surface area contributed by atoms with Gasteiger partial charge in [-0.05, 0) is 27.4 Å². The van der Waals surface area contributed by atoms with E-state index in [0.717, 1.165) is 13.1 Å². The minimum Gasteiger partial charge on any atom is -0.468 e. The number of carbonyl (C=O) groups is 1. The zero-order valence-corrected chi connectivity index (χ0v) is 11.7. The zero-order valence-electron chi connectivity index (χ0n) is 11.7. The zero-order chi connectivity index (χ0) is 13.3. The molecule has 0 heterocycles. The molecule has 0 spiro atoms. The second-order valence-corrected chi connectivity index (χ2v) is 4.32. The predicted octanol–water partition coefficient (Wildman–Crippen LogP) is 0.494. The fourth-order valence-corrected chi connectivity index (χ4v) is 1.46. The molecule has 0 rings (SSSR count). The SMILES string of the molecule is CCNC(CN(C)CCOC(C)C)C(=O)OC. The molecule has 1 N–H and O–H groups in total. The van der Waals surface area contributed by atoms with Crippen LogP contribution in [0.15, 0.2) is 0 Å². The number of nitrogens with one attached hydrogen (secondary N) is 1. The second-order valence-electron chi connectivity index (χ2n) is 4.32. The molecule has 0 aromatic rings. The van der Waals surface area contributed by atoms with Gasteiger partial charge in [0.1, 0.15) is 6.04 Å². The van der Waals surface area contributed by atoms with E-state index in [1.807, 2.05) is 27.8 Å². The molecule has 0 radical (unpaired) electrons. The standard InChI is InChI=1S/C12H26N2O3/c1-6-13-11(12(15)16-5)9-14(4)7-8-17-10(2)3/h10-11,13H,6-9H2,1-5H3. The first kappa shape index (κ1) is 16.4. The Morgan fingerprint density at radius 1 is 1.41 bits per heavy atom. The fourth-order valence-electron chi connectivity index (χ4n) is 1.46. The topological polar surface area (TPSA) is 50.8 Å². The summed E-state index contributed by atoms with van der Waals surface area (Å²) >= 11 is 0. The molecule has 0 aromatic heterocycles. The smallest absolute Gasteiger partial charge is 0.324 e. The molecular formula is C12H26N2O3. The Morgan fingerprint density at radius 3 is 2.53 bits per heavy atom. The molecule has 0 bridgehead atoms. The van der Waals surface area contributed by atoms with Gasteiger partial charge >= 0.3 is 5.97 Å². The van der Waals surface area contributed by atoms with E-state index in [1.165, 1.54) is 7.11 Å². The number of rotatable bonds is 9. The average molecular weight is 246 g/mol. The van der Waals surface area contributed by atoms with Crippen molar-refractivity contribution in [1.29, 1.82) is 0 Å². The van der Waals surface area contributed by atoms with E-state index in [2.05, 4.69) is 10.2 Å². The van der Waals surface area contributed by atoms with Gasteiger partial charge in [-0.15, -0.1) is 0 Å². The van der Waals surface area contributed by atoms with Crippen molar-refractivity contribution >= 4 is 5.97 Å². The van der Waals surface area contributed by atoms with Crippen molar-refractivity contribution in [2.24, 2.45) is 0 Å². The van der Waals surface area contributed by atoms with E-state index in [0.29, 0.717) is 13.2 Å². The molecule has 1 unspecified atom stereocenters. The van der Waals surface area contributed by atoms with Gasteiger partial charge in [-0.2, -0.15) is 0 Å². The lowest BCUT2D eigenvalue weighted by atomic mass is 10.2. The highest BCUT2D eigenvalue weighted by atomic mass is 16.5. The lowest BCUT2D eigenvalue weighted by Gasteiger charge is -2.23. The summed E-state index contributed by atoms with van der Waals surface area (Å²) in [7, 11) is 3.38. The number of hydrogen-bond acceptors (Lipinski definition) is 5. The number of likely N-dealkylation sites (N-methyl/N-ethyl adjacent to an activating group) is 2. The Hall–Kier alpha value is -0.650. The van der Waals surface area contributed by atoms with Gasteiger partial charge in [-0.3, -0.25) is 4.79 Å². The summed E-state index contributed by atoms with van der Waals surface area (Å²) in [4.78, 5) is 13.5. The molecule has 0 amide bonds. The fraction of sp³-hybridized carbons (Fsp3) is 0.917. The molecule has 0 aliphatic heterocycles. The van der Waals surface area contributed by atoms with Crippen LogP contribution in [0.25, 0.3) is 0 Å². The van der Waals surface area contributed by atoms with Crippen LogP contribution >= 0.6 is 0 Å². The predicted molar refractivity (Wildman–Crippen MR) is 68.1 cm³/mol. The third-order valence-corrected chi connectivity index (χ3v) is 2.35. The first-order valence-electron chi connectivity index (χ1n) is 6.12. The highest BCUT2D eigenvalue weighted by Crippen LogP contribution is 1.94. The molecule has 0 aliphatic carbocycles. The number of esters is 1. The summed E-state index contributed by atoms with van der Waals surface area (Å²) in [6, 6.07) is -0.269. The van der Waals surface area contributed by atoms with E-state index in [1.54, 1.807) is 0 Å². The van der Waals surface area contributed by atoms with Crippen molar-refractivity contribution in [3.8, 4) is 0 Å². The number of carbonyl (C=O) groups excluding carboxylic acids is 1. The number of ether oxygens (including phenoxy) is 2. The molecule has 5 nitrogen and oxygen atoms in total. The van der Waals surface area contributed by atoms with E-state index in [4.69, 9.17) is 9.47 Å². The van der Waals surface area contributed by atoms with Gasteiger partial charge in [0.25, 0.3) is 0 Å². The Balaban J connectivity index is 3.94. The van der Waals surface area contributed by atoms with Crippen LogP contribution < -0.4 is 5.32 Å². The molecule has 0 aromatic carbocycles. The molecule has 17 heavy (non-hydrogen) atoms. The minimum atomic E-state index is -0.269. The third kappa shape index (κ3) is 8.12. The number of nitrogens with zero attached hydrogens (tertiary/aromatic N) is 1. The van der Waals surface area contributed by atoms with Crippen LogP contribution in [0.4, 0.5) is 0 Å². The molecule has 0 fully saturated rings. The summed E-state index contributed by atoms with van der Waals surface area (Å²) in [5.41, 5.74) is 0. The number of methoxy groups -OCH3 is 1. The third-order valence-electron chi connectivity index (χ3n) is 2.35. The van der Waals surface area contributed by atoms with Crippen LogP contribution in [0.1, 0.15) is 20.8 Å². The maximum absolute atomic E-state index is 11.5. The quantitative estimate of drug-likeness (QED) is 0.600. The first-order chi connectivity index (χ1) is 8.01. The van der Waals surface area contributed by atoms with Gasteiger partial charge in [-0.1, -0.05) is 6.92 Å². The maximum Gasteiger partial charge on any atom is 0.324 e. The maximum atomic E-state index is 11.5. The van der Waals surface area contributed by atoms with E-state index < -0.39 is 0 Å². The van der Waals surface area contributed by atoms with Crippen LogP contribution in [0.2, 0.25) is 0 Å². The van der Waals surface area contributed by atoms with Crippen LogP contribution in [0.5, 0.6) is 0 Å². The van der Waals surface area contributed by atoms with Gasteiger partial charge in [0.15, 0.2) is 0 Å². The monoisotopic (exact) mass is 246 g/mol. The van der Waals surface area contributed by atoms with Crippen molar-refractivity contribution in [2.75, 3.05) is 40.4 Å². The van der Waals surface area contributed by atoms with E-state index in [-0.39, 0.29) is 18.1 Å². The minimum absolute atomic E-state index is 0.219. The lowest BCUT2D eigenvalue weighted by Crippen LogP contribution is -2.46. The van der Waals surface area contributed by atoms with Gasteiger partial charge in [-0.25, -0.2) is 0 Å². The molecular weight excluding hydrogens is 220 g/mol. The average Bonchev–Trinajstić information content (AvgIpc) is 2.27. The van der Waals surface area contributed by atoms with Gasteiger partial charge in [0.05, 0.1) is 19.8 Å². The molecule has 0 saturated carbocycles. The summed E-state index contributed by atoms with van der Waals surface area (Å²) in [6.45, 7) is 8.84. The highest BCUT2D eigenvalue weighted by molar-refractivity contribution is 5.75. The highest BCUT2D eigenvalue weighted by Gasteiger charge is 2.19. The van der Waals surface area contributed by atoms with Crippen molar-refractivity contribution < 1.29 is 14.3 Å². The Kier molecular flexibility index (Phi) is 9.03. The molecule has 102 valence electrons. The largest absolute Gasteiger partial charge is 0.468 e. The van der Waals surface area contributed by atoms with Crippen molar-refractivity contribution in [3.05, 3.63) is 0 Å². The Bertz CT molecular complexity index is 210. The summed E-state index contributed by atoms with van der Waals surface area (Å²) < 4.78 is 10.2. The second kappa shape index (κ2) is 9.39. The molecule has 0 saturated heterocycles. The van der Waals surface area contributed by atoms with Crippen LogP contribution in [-0.2, 0) is 14.3 Å². The van der Waals surface area contributed by atoms with Gasteiger partial charge in [0, 0.05) is 13.1 Å². The summed E-state index contributed by atoms with van der Waals surface area (Å²) in [6.07, 6.45) is 0.244. The normalized spacial score (nSPS) is 13.1. The van der Waals surface area contributed by atoms with Crippen LogP contribution in [0, 0.1) is 0 Å².